The maximum atomic E-state index is 11.9. The first-order chi connectivity index (χ1) is 9.28. The Morgan fingerprint density at radius 3 is 3.11 bits per heavy atom. The molecule has 2 heterocycles. The topological polar surface area (TPSA) is 38.8 Å². The third-order valence-corrected chi connectivity index (χ3v) is 3.04. The summed E-state index contributed by atoms with van der Waals surface area (Å²) in [5.74, 6) is 1.24. The fourth-order valence-electron chi connectivity index (χ4n) is 2.15. The molecule has 0 saturated heterocycles. The molecule has 0 N–H and O–H groups in total. The lowest BCUT2D eigenvalue weighted by Gasteiger charge is -2.29. The molecule has 19 heavy (non-hydrogen) atoms. The summed E-state index contributed by atoms with van der Waals surface area (Å²) < 4.78 is 11.0. The van der Waals surface area contributed by atoms with Gasteiger partial charge in [-0.3, -0.25) is 9.69 Å². The molecule has 1 unspecified atom stereocenters. The Kier molecular flexibility index (Phi) is 2.83. The molecule has 0 radical (unpaired) electrons. The van der Waals surface area contributed by atoms with Crippen molar-refractivity contribution in [3.63, 3.8) is 0 Å². The van der Waals surface area contributed by atoms with E-state index in [1.165, 1.54) is 12.3 Å². The summed E-state index contributed by atoms with van der Waals surface area (Å²) in [6, 6.07) is 7.72. The molecule has 4 heteroatoms. The van der Waals surface area contributed by atoms with Gasteiger partial charge >= 0.3 is 0 Å². The Balaban J connectivity index is 1.77. The number of amides is 1. The maximum absolute atomic E-state index is 11.9. The van der Waals surface area contributed by atoms with Gasteiger partial charge < -0.3 is 9.47 Å². The Bertz CT molecular complexity index is 589. The van der Waals surface area contributed by atoms with Crippen LogP contribution in [0.4, 0.5) is 0 Å². The second kappa shape index (κ2) is 4.65. The molecular weight excluding hydrogens is 242 g/mol. The molecule has 0 spiro atoms. The quantitative estimate of drug-likeness (QED) is 0.778. The summed E-state index contributed by atoms with van der Waals surface area (Å²) in [7, 11) is 0. The first-order valence-electron chi connectivity index (χ1n) is 6.00. The molecule has 2 aliphatic heterocycles. The molecule has 2 aliphatic rings. The fourth-order valence-corrected chi connectivity index (χ4v) is 2.15. The van der Waals surface area contributed by atoms with E-state index in [0.717, 1.165) is 11.3 Å². The van der Waals surface area contributed by atoms with Crippen LogP contribution in [0.15, 0.2) is 55.0 Å². The number of hydrogen-bond donors (Lipinski definition) is 0. The highest BCUT2D eigenvalue weighted by atomic mass is 16.5. The lowest BCUT2D eigenvalue weighted by atomic mass is 10.1. The number of hydrogen-bond acceptors (Lipinski definition) is 3. The predicted octanol–water partition coefficient (Wildman–Crippen LogP) is 2.30. The van der Waals surface area contributed by atoms with Gasteiger partial charge in [0.15, 0.2) is 6.23 Å². The molecule has 0 aromatic heterocycles. The van der Waals surface area contributed by atoms with Crippen molar-refractivity contribution >= 4 is 12.0 Å². The van der Waals surface area contributed by atoms with Crippen LogP contribution in [0.1, 0.15) is 5.56 Å². The van der Waals surface area contributed by atoms with Crippen LogP contribution in [0.5, 0.6) is 5.75 Å². The molecule has 0 bridgehead atoms. The first-order valence-corrected chi connectivity index (χ1v) is 6.00. The molecule has 1 aromatic carbocycles. The third kappa shape index (κ3) is 2.12. The van der Waals surface area contributed by atoms with E-state index in [2.05, 4.69) is 6.58 Å². The SMILES string of the molecule is C=COC1=CC(=O)N(C2C=Cc3ccccc3O2)C1. The molecule has 1 atom stereocenters. The van der Waals surface area contributed by atoms with Gasteiger partial charge in [0.05, 0.1) is 12.8 Å². The van der Waals surface area contributed by atoms with Gasteiger partial charge in [-0.25, -0.2) is 0 Å². The number of rotatable bonds is 3. The minimum absolute atomic E-state index is 0.120. The van der Waals surface area contributed by atoms with E-state index in [4.69, 9.17) is 9.47 Å². The highest BCUT2D eigenvalue weighted by Crippen LogP contribution is 2.28. The zero-order valence-electron chi connectivity index (χ0n) is 10.3. The van der Waals surface area contributed by atoms with Crippen LogP contribution in [0.25, 0.3) is 6.08 Å². The number of benzene rings is 1. The molecule has 1 aromatic rings. The van der Waals surface area contributed by atoms with E-state index < -0.39 is 6.23 Å². The molecule has 0 aliphatic carbocycles. The van der Waals surface area contributed by atoms with E-state index >= 15 is 0 Å². The smallest absolute Gasteiger partial charge is 0.253 e. The van der Waals surface area contributed by atoms with Crippen molar-refractivity contribution in [1.29, 1.82) is 0 Å². The zero-order chi connectivity index (χ0) is 13.2. The van der Waals surface area contributed by atoms with E-state index in [1.54, 1.807) is 4.90 Å². The third-order valence-electron chi connectivity index (χ3n) is 3.04. The van der Waals surface area contributed by atoms with Crippen molar-refractivity contribution in [2.45, 2.75) is 6.23 Å². The lowest BCUT2D eigenvalue weighted by molar-refractivity contribution is -0.130. The van der Waals surface area contributed by atoms with Gasteiger partial charge in [-0.2, -0.15) is 0 Å². The second-order valence-corrected chi connectivity index (χ2v) is 4.27. The van der Waals surface area contributed by atoms with Crippen LogP contribution in [-0.2, 0) is 9.53 Å². The summed E-state index contributed by atoms with van der Waals surface area (Å²) >= 11 is 0. The summed E-state index contributed by atoms with van der Waals surface area (Å²) in [4.78, 5) is 13.5. The number of para-hydroxylation sites is 1. The normalized spacial score (nSPS) is 20.6. The van der Waals surface area contributed by atoms with E-state index in [1.807, 2.05) is 36.4 Å². The zero-order valence-corrected chi connectivity index (χ0v) is 10.3. The fraction of sp³-hybridized carbons (Fsp3) is 0.133. The van der Waals surface area contributed by atoms with Gasteiger partial charge in [-0.1, -0.05) is 24.8 Å². The molecule has 96 valence electrons. The number of fused-ring (bicyclic) bond motifs is 1. The molecule has 4 nitrogen and oxygen atoms in total. The molecular formula is C15H13NO3. The van der Waals surface area contributed by atoms with E-state index in [0.29, 0.717) is 12.3 Å². The number of nitrogens with zero attached hydrogens (tertiary/aromatic N) is 1. The molecule has 3 rings (SSSR count). The van der Waals surface area contributed by atoms with E-state index in [9.17, 15) is 4.79 Å². The first kappa shape index (κ1) is 11.6. The van der Waals surface area contributed by atoms with Gasteiger partial charge in [0.1, 0.15) is 11.5 Å². The molecule has 0 fully saturated rings. The highest BCUT2D eigenvalue weighted by Gasteiger charge is 2.30. The van der Waals surface area contributed by atoms with Crippen molar-refractivity contribution < 1.29 is 14.3 Å². The van der Waals surface area contributed by atoms with Gasteiger partial charge in [0.25, 0.3) is 5.91 Å². The van der Waals surface area contributed by atoms with Crippen molar-refractivity contribution in [2.75, 3.05) is 6.54 Å². The predicted molar refractivity (Wildman–Crippen MR) is 71.0 cm³/mol. The monoisotopic (exact) mass is 255 g/mol. The average molecular weight is 255 g/mol. The van der Waals surface area contributed by atoms with Crippen molar-refractivity contribution in [1.82, 2.24) is 4.90 Å². The summed E-state index contributed by atoms with van der Waals surface area (Å²) in [5, 5.41) is 0. The minimum Gasteiger partial charge on any atom is -0.468 e. The lowest BCUT2D eigenvalue weighted by Crippen LogP contribution is -2.40. The minimum atomic E-state index is -0.399. The van der Waals surface area contributed by atoms with Crippen LogP contribution in [0.2, 0.25) is 0 Å². The van der Waals surface area contributed by atoms with Crippen LogP contribution >= 0.6 is 0 Å². The largest absolute Gasteiger partial charge is 0.468 e. The standard InChI is InChI=1S/C15H13NO3/c1-2-18-12-9-14(17)16(10-12)15-8-7-11-5-3-4-6-13(11)19-15/h2-9,15H,1,10H2. The number of ether oxygens (including phenoxy) is 2. The summed E-state index contributed by atoms with van der Waals surface area (Å²) in [6.07, 6.45) is 6.20. The Morgan fingerprint density at radius 2 is 2.26 bits per heavy atom. The van der Waals surface area contributed by atoms with Gasteiger partial charge in [-0.15, -0.1) is 0 Å². The number of carbonyl (C=O) groups is 1. The van der Waals surface area contributed by atoms with Crippen molar-refractivity contribution in [3.05, 3.63) is 60.6 Å². The maximum Gasteiger partial charge on any atom is 0.253 e. The van der Waals surface area contributed by atoms with Crippen molar-refractivity contribution in [2.24, 2.45) is 0 Å². The molecule has 0 saturated carbocycles. The average Bonchev–Trinajstić information content (AvgIpc) is 2.79. The second-order valence-electron chi connectivity index (χ2n) is 4.27. The van der Waals surface area contributed by atoms with Gasteiger partial charge in [0, 0.05) is 11.6 Å². The van der Waals surface area contributed by atoms with Crippen LogP contribution in [0, 0.1) is 0 Å². The van der Waals surface area contributed by atoms with Crippen LogP contribution in [-0.4, -0.2) is 23.6 Å². The van der Waals surface area contributed by atoms with Crippen LogP contribution in [0.3, 0.4) is 0 Å². The van der Waals surface area contributed by atoms with Crippen molar-refractivity contribution in [3.8, 4) is 5.75 Å². The number of carbonyl (C=O) groups excluding carboxylic acids is 1. The summed E-state index contributed by atoms with van der Waals surface area (Å²) in [6.45, 7) is 3.87. The highest BCUT2D eigenvalue weighted by molar-refractivity contribution is 5.91. The Labute approximate surface area is 111 Å². The molecule has 1 amide bonds. The Hall–Kier alpha value is -2.49. The van der Waals surface area contributed by atoms with Gasteiger partial charge in [-0.05, 0) is 18.2 Å². The van der Waals surface area contributed by atoms with Gasteiger partial charge in [0.2, 0.25) is 0 Å². The Morgan fingerprint density at radius 1 is 1.42 bits per heavy atom. The van der Waals surface area contributed by atoms with E-state index in [-0.39, 0.29) is 5.91 Å². The summed E-state index contributed by atoms with van der Waals surface area (Å²) in [5.41, 5.74) is 1.01. The van der Waals surface area contributed by atoms with Crippen LogP contribution < -0.4 is 4.74 Å².